The van der Waals surface area contributed by atoms with Gasteiger partial charge in [0.2, 0.25) is 0 Å². The lowest BCUT2D eigenvalue weighted by molar-refractivity contribution is -0.0463. The highest BCUT2D eigenvalue weighted by atomic mass is 19.3. The second-order valence-corrected chi connectivity index (χ2v) is 3.97. The lowest BCUT2D eigenvalue weighted by Crippen LogP contribution is -2.29. The van der Waals surface area contributed by atoms with Gasteiger partial charge < -0.3 is 5.32 Å². The molecule has 1 heterocycles. The Hall–Kier alpha value is -1.03. The van der Waals surface area contributed by atoms with Crippen LogP contribution in [0.4, 0.5) is 13.2 Å². The van der Waals surface area contributed by atoms with Crippen molar-refractivity contribution in [1.82, 2.24) is 5.32 Å². The summed E-state index contributed by atoms with van der Waals surface area (Å²) in [5, 5.41) is 2.72. The van der Waals surface area contributed by atoms with Crippen molar-refractivity contribution in [3.05, 3.63) is 35.6 Å². The summed E-state index contributed by atoms with van der Waals surface area (Å²) in [7, 11) is 0. The van der Waals surface area contributed by atoms with E-state index in [1.807, 2.05) is 0 Å². The fourth-order valence-corrected chi connectivity index (χ4v) is 1.88. The molecule has 0 saturated carbocycles. The monoisotopic (exact) mass is 215 g/mol. The van der Waals surface area contributed by atoms with E-state index in [1.165, 1.54) is 25.1 Å². The van der Waals surface area contributed by atoms with Gasteiger partial charge >= 0.3 is 0 Å². The minimum absolute atomic E-state index is 0.258. The van der Waals surface area contributed by atoms with E-state index in [2.05, 4.69) is 5.32 Å². The van der Waals surface area contributed by atoms with Crippen LogP contribution in [0.25, 0.3) is 0 Å². The smallest absolute Gasteiger partial charge is 0.270 e. The molecule has 1 nitrogen and oxygen atoms in total. The number of hydrogen-bond acceptors (Lipinski definition) is 1. The molecule has 4 heteroatoms. The molecule has 0 aliphatic carbocycles. The molecule has 1 saturated heterocycles. The molecule has 1 aliphatic heterocycles. The van der Waals surface area contributed by atoms with Gasteiger partial charge in [0.1, 0.15) is 5.82 Å². The first kappa shape index (κ1) is 10.5. The van der Waals surface area contributed by atoms with E-state index in [0.717, 1.165) is 6.07 Å². The van der Waals surface area contributed by atoms with Crippen molar-refractivity contribution in [2.24, 2.45) is 5.92 Å². The minimum Gasteiger partial charge on any atom is -0.304 e. The Balaban J connectivity index is 2.32. The third kappa shape index (κ3) is 1.74. The first-order chi connectivity index (χ1) is 7.01. The highest BCUT2D eigenvalue weighted by Crippen LogP contribution is 2.41. The third-order valence-electron chi connectivity index (χ3n) is 2.85. The molecule has 82 valence electrons. The first-order valence-electron chi connectivity index (χ1n) is 4.88. The van der Waals surface area contributed by atoms with E-state index in [9.17, 15) is 13.2 Å². The second-order valence-electron chi connectivity index (χ2n) is 3.97. The molecule has 1 aromatic rings. The fraction of sp³-hybridized carbons (Fsp3) is 0.455. The summed E-state index contributed by atoms with van der Waals surface area (Å²) in [4.78, 5) is 0. The minimum atomic E-state index is -2.81. The van der Waals surface area contributed by atoms with Crippen molar-refractivity contribution in [3.63, 3.8) is 0 Å². The number of rotatable bonds is 1. The summed E-state index contributed by atoms with van der Waals surface area (Å²) in [6.07, 6.45) is 0. The van der Waals surface area contributed by atoms with Crippen LogP contribution in [-0.4, -0.2) is 12.5 Å². The van der Waals surface area contributed by atoms with Crippen molar-refractivity contribution >= 4 is 0 Å². The lowest BCUT2D eigenvalue weighted by atomic mass is 9.97. The molecule has 2 atom stereocenters. The van der Waals surface area contributed by atoms with Gasteiger partial charge in [-0.15, -0.1) is 0 Å². The molecule has 15 heavy (non-hydrogen) atoms. The summed E-state index contributed by atoms with van der Waals surface area (Å²) in [6.45, 7) is 1.75. The number of nitrogens with one attached hydrogen (secondary N) is 1. The molecule has 1 unspecified atom stereocenters. The van der Waals surface area contributed by atoms with E-state index in [1.54, 1.807) is 0 Å². The fourth-order valence-electron chi connectivity index (χ4n) is 1.88. The van der Waals surface area contributed by atoms with Crippen LogP contribution in [0.5, 0.6) is 0 Å². The summed E-state index contributed by atoms with van der Waals surface area (Å²) in [5.41, 5.74) is 0.310. The van der Waals surface area contributed by atoms with Gasteiger partial charge in [-0.1, -0.05) is 19.1 Å². The Kier molecular flexibility index (Phi) is 2.46. The molecule has 0 amide bonds. The summed E-state index contributed by atoms with van der Waals surface area (Å²) >= 11 is 0. The van der Waals surface area contributed by atoms with Crippen LogP contribution in [-0.2, 0) is 0 Å². The van der Waals surface area contributed by atoms with E-state index in [0.29, 0.717) is 5.56 Å². The topological polar surface area (TPSA) is 12.0 Å². The molecule has 1 fully saturated rings. The maximum atomic E-state index is 13.6. The molecule has 0 spiro atoms. The highest BCUT2D eigenvalue weighted by Gasteiger charge is 2.50. The molecular weight excluding hydrogens is 203 g/mol. The number of halogens is 3. The Morgan fingerprint density at radius 1 is 1.40 bits per heavy atom. The van der Waals surface area contributed by atoms with Crippen molar-refractivity contribution in [2.75, 3.05) is 6.54 Å². The summed E-state index contributed by atoms with van der Waals surface area (Å²) in [5.74, 6) is -4.01. The number of hydrogen-bond donors (Lipinski definition) is 1. The van der Waals surface area contributed by atoms with Gasteiger partial charge in [-0.05, 0) is 17.7 Å². The standard InChI is InChI=1S/C11H12F3N/c1-7-6-15-10(11(7,13)14)8-3-2-4-9(12)5-8/h2-5,7,10,15H,6H2,1H3/t7-,10?/m1/s1. The predicted molar refractivity (Wildman–Crippen MR) is 51.3 cm³/mol. The molecule has 1 aliphatic rings. The van der Waals surface area contributed by atoms with E-state index < -0.39 is 23.7 Å². The third-order valence-corrected chi connectivity index (χ3v) is 2.85. The molecular formula is C11H12F3N. The highest BCUT2D eigenvalue weighted by molar-refractivity contribution is 5.24. The predicted octanol–water partition coefficient (Wildman–Crippen LogP) is 2.74. The SMILES string of the molecule is C[C@@H]1CNC(c2cccc(F)c2)C1(F)F. The van der Waals surface area contributed by atoms with E-state index in [-0.39, 0.29) is 6.54 Å². The van der Waals surface area contributed by atoms with Gasteiger partial charge in [0.25, 0.3) is 5.92 Å². The van der Waals surface area contributed by atoms with Gasteiger partial charge in [-0.2, -0.15) is 0 Å². The van der Waals surface area contributed by atoms with Crippen LogP contribution >= 0.6 is 0 Å². The second kappa shape index (κ2) is 3.52. The largest absolute Gasteiger partial charge is 0.304 e. The van der Waals surface area contributed by atoms with E-state index >= 15 is 0 Å². The molecule has 1 aromatic carbocycles. The summed E-state index contributed by atoms with van der Waals surface area (Å²) < 4.78 is 40.2. The van der Waals surface area contributed by atoms with Crippen LogP contribution in [0.2, 0.25) is 0 Å². The quantitative estimate of drug-likeness (QED) is 0.759. The average Bonchev–Trinajstić information content (AvgIpc) is 2.42. The van der Waals surface area contributed by atoms with Gasteiger partial charge in [0, 0.05) is 12.5 Å². The Labute approximate surface area is 86.3 Å². The van der Waals surface area contributed by atoms with Gasteiger partial charge in [0.05, 0.1) is 6.04 Å². The maximum absolute atomic E-state index is 13.6. The van der Waals surface area contributed by atoms with Crippen LogP contribution in [0.15, 0.2) is 24.3 Å². The van der Waals surface area contributed by atoms with E-state index in [4.69, 9.17) is 0 Å². The van der Waals surface area contributed by atoms with Gasteiger partial charge in [-0.25, -0.2) is 13.2 Å². The molecule has 0 bridgehead atoms. The zero-order chi connectivity index (χ0) is 11.1. The molecule has 1 N–H and O–H groups in total. The lowest BCUT2D eigenvalue weighted by Gasteiger charge is -2.21. The first-order valence-corrected chi connectivity index (χ1v) is 4.88. The van der Waals surface area contributed by atoms with Crippen molar-refractivity contribution in [1.29, 1.82) is 0 Å². The number of benzene rings is 1. The zero-order valence-electron chi connectivity index (χ0n) is 8.31. The molecule has 0 aromatic heterocycles. The van der Waals surface area contributed by atoms with Gasteiger partial charge in [0.15, 0.2) is 0 Å². The summed E-state index contributed by atoms with van der Waals surface area (Å²) in [6, 6.07) is 4.31. The average molecular weight is 215 g/mol. The Morgan fingerprint density at radius 3 is 2.67 bits per heavy atom. The van der Waals surface area contributed by atoms with Crippen molar-refractivity contribution in [2.45, 2.75) is 18.9 Å². The molecule has 2 rings (SSSR count). The normalized spacial score (nSPS) is 29.3. The zero-order valence-corrected chi connectivity index (χ0v) is 8.31. The van der Waals surface area contributed by atoms with Crippen LogP contribution in [0, 0.1) is 11.7 Å². The Bertz CT molecular complexity index is 365. The number of alkyl halides is 2. The van der Waals surface area contributed by atoms with Crippen LogP contribution in [0.1, 0.15) is 18.5 Å². The Morgan fingerprint density at radius 2 is 2.13 bits per heavy atom. The van der Waals surface area contributed by atoms with Crippen LogP contribution in [0.3, 0.4) is 0 Å². The van der Waals surface area contributed by atoms with Crippen LogP contribution < -0.4 is 5.32 Å². The van der Waals surface area contributed by atoms with Gasteiger partial charge in [-0.3, -0.25) is 0 Å². The maximum Gasteiger partial charge on any atom is 0.270 e. The molecule has 0 radical (unpaired) electrons. The van der Waals surface area contributed by atoms with Crippen molar-refractivity contribution in [3.8, 4) is 0 Å². The van der Waals surface area contributed by atoms with Crippen molar-refractivity contribution < 1.29 is 13.2 Å².